The van der Waals surface area contributed by atoms with Crippen molar-refractivity contribution in [2.24, 2.45) is 0 Å². The zero-order valence-corrected chi connectivity index (χ0v) is 15.3. The molecule has 0 amide bonds. The molecule has 0 saturated carbocycles. The Bertz CT molecular complexity index is 794. The van der Waals surface area contributed by atoms with E-state index in [-0.39, 0.29) is 0 Å². The quantitative estimate of drug-likeness (QED) is 0.549. The third kappa shape index (κ3) is 3.69. The average Bonchev–Trinajstić information content (AvgIpc) is 2.69. The number of para-hydroxylation sites is 1. The second kappa shape index (κ2) is 7.89. The highest BCUT2D eigenvalue weighted by Gasteiger charge is 2.13. The second-order valence-corrected chi connectivity index (χ2v) is 6.16. The van der Waals surface area contributed by atoms with Gasteiger partial charge in [-0.3, -0.25) is 0 Å². The molecular weight excluding hydrogens is 304 g/mol. The molecule has 3 aromatic rings. The van der Waals surface area contributed by atoms with E-state index in [9.17, 15) is 0 Å². The molecule has 0 aliphatic rings. The van der Waals surface area contributed by atoms with Crippen LogP contribution in [0.25, 0.3) is 11.1 Å². The molecule has 0 radical (unpaired) electrons. The Morgan fingerprint density at radius 1 is 0.640 bits per heavy atom. The summed E-state index contributed by atoms with van der Waals surface area (Å²) in [5.41, 5.74) is 6.23. The molecule has 2 heteroatoms. The Hall–Kier alpha value is -2.74. The maximum atomic E-state index is 2.37. The second-order valence-electron chi connectivity index (χ2n) is 6.16. The Labute approximate surface area is 151 Å². The normalized spacial score (nSPS) is 10.5. The summed E-state index contributed by atoms with van der Waals surface area (Å²) in [4.78, 5) is 4.62. The summed E-state index contributed by atoms with van der Waals surface area (Å²) in [6.45, 7) is 6.30. The van der Waals surface area contributed by atoms with E-state index in [0.29, 0.717) is 0 Å². The van der Waals surface area contributed by atoms with Crippen molar-refractivity contribution in [3.63, 3.8) is 0 Å². The van der Waals surface area contributed by atoms with Crippen molar-refractivity contribution < 1.29 is 0 Å². The number of nitrogens with zero attached hydrogens (tertiary/aromatic N) is 2. The summed E-state index contributed by atoms with van der Waals surface area (Å²) in [7, 11) is 2.12. The highest BCUT2D eigenvalue weighted by molar-refractivity contribution is 5.82. The summed E-state index contributed by atoms with van der Waals surface area (Å²) in [5.74, 6) is 0. The Kier molecular flexibility index (Phi) is 5.39. The van der Waals surface area contributed by atoms with Gasteiger partial charge in [-0.25, -0.2) is 0 Å². The van der Waals surface area contributed by atoms with Crippen molar-refractivity contribution in [2.45, 2.75) is 13.8 Å². The van der Waals surface area contributed by atoms with Crippen LogP contribution in [0.5, 0.6) is 0 Å². The number of hydrogen-bond acceptors (Lipinski definition) is 2. The van der Waals surface area contributed by atoms with Gasteiger partial charge in [0.15, 0.2) is 0 Å². The molecular formula is C23H26N2. The predicted octanol–water partition coefficient (Wildman–Crippen LogP) is 5.97. The minimum atomic E-state index is 0.923. The van der Waals surface area contributed by atoms with E-state index in [0.717, 1.165) is 13.1 Å². The average molecular weight is 330 g/mol. The molecule has 3 rings (SSSR count). The van der Waals surface area contributed by atoms with Crippen LogP contribution in [-0.2, 0) is 0 Å². The van der Waals surface area contributed by atoms with E-state index in [2.05, 4.69) is 110 Å². The minimum absolute atomic E-state index is 0.923. The lowest BCUT2D eigenvalue weighted by molar-refractivity contribution is 0.966. The molecule has 0 spiro atoms. The molecule has 3 aromatic carbocycles. The summed E-state index contributed by atoms with van der Waals surface area (Å²) < 4.78 is 0. The van der Waals surface area contributed by atoms with Gasteiger partial charge >= 0.3 is 0 Å². The van der Waals surface area contributed by atoms with Gasteiger partial charge in [-0.1, -0.05) is 48.5 Å². The molecule has 0 N–H and O–H groups in total. The van der Waals surface area contributed by atoms with Crippen LogP contribution in [-0.4, -0.2) is 20.1 Å². The van der Waals surface area contributed by atoms with Gasteiger partial charge in [0.2, 0.25) is 0 Å². The van der Waals surface area contributed by atoms with Gasteiger partial charge in [-0.2, -0.15) is 0 Å². The van der Waals surface area contributed by atoms with Gasteiger partial charge in [-0.05, 0) is 49.7 Å². The molecule has 0 fully saturated rings. The van der Waals surface area contributed by atoms with Gasteiger partial charge in [0, 0.05) is 42.8 Å². The zero-order chi connectivity index (χ0) is 17.6. The third-order valence-corrected chi connectivity index (χ3v) is 4.67. The van der Waals surface area contributed by atoms with E-state index in [1.807, 2.05) is 0 Å². The van der Waals surface area contributed by atoms with Crippen molar-refractivity contribution in [2.75, 3.05) is 29.9 Å². The predicted molar refractivity (Wildman–Crippen MR) is 110 cm³/mol. The van der Waals surface area contributed by atoms with Crippen LogP contribution in [0, 0.1) is 0 Å². The van der Waals surface area contributed by atoms with Crippen LogP contribution >= 0.6 is 0 Å². The SMILES string of the molecule is CCN(C)c1ccc(N(CC)c2ccccc2-c2ccccc2)cc1. The topological polar surface area (TPSA) is 6.48 Å². The molecule has 2 nitrogen and oxygen atoms in total. The first kappa shape index (κ1) is 17.1. The molecule has 25 heavy (non-hydrogen) atoms. The first-order valence-electron chi connectivity index (χ1n) is 8.97. The smallest absolute Gasteiger partial charge is 0.0490 e. The largest absolute Gasteiger partial charge is 0.375 e. The van der Waals surface area contributed by atoms with Crippen molar-refractivity contribution in [1.29, 1.82) is 0 Å². The number of anilines is 3. The van der Waals surface area contributed by atoms with Crippen LogP contribution in [0.1, 0.15) is 13.8 Å². The summed E-state index contributed by atoms with van der Waals surface area (Å²) in [6.07, 6.45) is 0. The van der Waals surface area contributed by atoms with E-state index >= 15 is 0 Å². The molecule has 128 valence electrons. The standard InChI is InChI=1S/C23H26N2/c1-4-24(3)20-15-17-21(18-16-20)25(5-2)23-14-10-9-13-22(23)19-11-7-6-8-12-19/h6-18H,4-5H2,1-3H3. The molecule has 0 heterocycles. The number of hydrogen-bond donors (Lipinski definition) is 0. The molecule has 0 saturated heterocycles. The van der Waals surface area contributed by atoms with E-state index in [1.165, 1.54) is 28.2 Å². The molecule has 0 bridgehead atoms. The lowest BCUT2D eigenvalue weighted by atomic mass is 10.0. The maximum absolute atomic E-state index is 2.37. The zero-order valence-electron chi connectivity index (χ0n) is 15.3. The number of rotatable bonds is 6. The molecule has 0 aliphatic carbocycles. The van der Waals surface area contributed by atoms with Crippen molar-refractivity contribution in [3.8, 4) is 11.1 Å². The highest BCUT2D eigenvalue weighted by atomic mass is 15.1. The van der Waals surface area contributed by atoms with Crippen LogP contribution in [0.4, 0.5) is 17.1 Å². The summed E-state index contributed by atoms with van der Waals surface area (Å²) in [6, 6.07) is 28.1. The first-order valence-corrected chi connectivity index (χ1v) is 8.97. The molecule has 0 unspecified atom stereocenters. The fourth-order valence-electron chi connectivity index (χ4n) is 3.13. The molecule has 0 aromatic heterocycles. The maximum Gasteiger partial charge on any atom is 0.0490 e. The van der Waals surface area contributed by atoms with E-state index < -0.39 is 0 Å². The highest BCUT2D eigenvalue weighted by Crippen LogP contribution is 2.35. The minimum Gasteiger partial charge on any atom is -0.375 e. The van der Waals surface area contributed by atoms with Gasteiger partial charge in [0.25, 0.3) is 0 Å². The van der Waals surface area contributed by atoms with Crippen LogP contribution < -0.4 is 9.80 Å². The molecule has 0 atom stereocenters. The van der Waals surface area contributed by atoms with Crippen molar-refractivity contribution in [3.05, 3.63) is 78.9 Å². The fraction of sp³-hybridized carbons (Fsp3) is 0.217. The van der Waals surface area contributed by atoms with Crippen molar-refractivity contribution in [1.82, 2.24) is 0 Å². The first-order chi connectivity index (χ1) is 12.2. The van der Waals surface area contributed by atoms with Gasteiger partial charge in [0.1, 0.15) is 0 Å². The van der Waals surface area contributed by atoms with Crippen LogP contribution in [0.2, 0.25) is 0 Å². The summed E-state index contributed by atoms with van der Waals surface area (Å²) >= 11 is 0. The van der Waals surface area contributed by atoms with Gasteiger partial charge in [0.05, 0.1) is 0 Å². The number of benzene rings is 3. The Morgan fingerprint density at radius 3 is 1.88 bits per heavy atom. The van der Waals surface area contributed by atoms with Gasteiger partial charge in [-0.15, -0.1) is 0 Å². The van der Waals surface area contributed by atoms with Gasteiger partial charge < -0.3 is 9.80 Å². The fourth-order valence-corrected chi connectivity index (χ4v) is 3.13. The summed E-state index contributed by atoms with van der Waals surface area (Å²) in [5, 5.41) is 0. The van der Waals surface area contributed by atoms with Crippen molar-refractivity contribution >= 4 is 17.1 Å². The van der Waals surface area contributed by atoms with E-state index in [1.54, 1.807) is 0 Å². The molecule has 0 aliphatic heterocycles. The third-order valence-electron chi connectivity index (χ3n) is 4.67. The Balaban J connectivity index is 1.99. The van der Waals surface area contributed by atoms with Crippen LogP contribution in [0.15, 0.2) is 78.9 Å². The van der Waals surface area contributed by atoms with Crippen LogP contribution in [0.3, 0.4) is 0 Å². The lowest BCUT2D eigenvalue weighted by Gasteiger charge is -2.27. The lowest BCUT2D eigenvalue weighted by Crippen LogP contribution is -2.18. The Morgan fingerprint density at radius 2 is 1.24 bits per heavy atom. The van der Waals surface area contributed by atoms with E-state index in [4.69, 9.17) is 0 Å². The monoisotopic (exact) mass is 330 g/mol.